The number of nitrogens with zero attached hydrogens (tertiary/aromatic N) is 3. The third-order valence-electron chi connectivity index (χ3n) is 5.44. The molecule has 146 valence electrons. The van der Waals surface area contributed by atoms with E-state index in [0.29, 0.717) is 6.04 Å². The summed E-state index contributed by atoms with van der Waals surface area (Å²) < 4.78 is 0. The molecule has 0 saturated carbocycles. The van der Waals surface area contributed by atoms with Gasteiger partial charge in [-0.2, -0.15) is 0 Å². The van der Waals surface area contributed by atoms with Crippen LogP contribution in [-0.2, 0) is 6.42 Å². The predicted octanol–water partition coefficient (Wildman–Crippen LogP) is 5.79. The van der Waals surface area contributed by atoms with Crippen LogP contribution in [0.4, 0.5) is 17.3 Å². The highest BCUT2D eigenvalue weighted by Gasteiger charge is 2.26. The van der Waals surface area contributed by atoms with Gasteiger partial charge in [0.15, 0.2) is 0 Å². The molecule has 2 aromatic rings. The second kappa shape index (κ2) is 8.28. The molecule has 0 amide bonds. The lowest BCUT2D eigenvalue weighted by atomic mass is 9.99. The molecule has 3 rings (SSSR count). The number of unbranched alkanes of at least 4 members (excludes halogenated alkanes) is 1. The van der Waals surface area contributed by atoms with Gasteiger partial charge in [0.2, 0.25) is 0 Å². The molecule has 27 heavy (non-hydrogen) atoms. The van der Waals surface area contributed by atoms with E-state index >= 15 is 0 Å². The lowest BCUT2D eigenvalue weighted by Crippen LogP contribution is -2.29. The van der Waals surface area contributed by atoms with E-state index in [-0.39, 0.29) is 0 Å². The Bertz CT molecular complexity index is 789. The fraction of sp³-hybridized carbons (Fsp3) is 0.565. The summed E-state index contributed by atoms with van der Waals surface area (Å²) in [5.74, 6) is 2.97. The van der Waals surface area contributed by atoms with E-state index in [1.54, 1.807) is 0 Å². The summed E-state index contributed by atoms with van der Waals surface area (Å²) in [5, 5.41) is 3.68. The SMILES string of the molecule is CCCCC(C)Nc1nc(C)nc2c1CCCN2c1c(C)cc(C)cc1C. The van der Waals surface area contributed by atoms with Gasteiger partial charge in [-0.1, -0.05) is 37.5 Å². The topological polar surface area (TPSA) is 41.1 Å². The van der Waals surface area contributed by atoms with Crippen molar-refractivity contribution < 1.29 is 0 Å². The minimum absolute atomic E-state index is 0.432. The maximum Gasteiger partial charge on any atom is 0.142 e. The molecule has 0 saturated heterocycles. The van der Waals surface area contributed by atoms with E-state index in [4.69, 9.17) is 9.97 Å². The van der Waals surface area contributed by atoms with Crippen LogP contribution in [0.5, 0.6) is 0 Å². The molecule has 1 aliphatic heterocycles. The van der Waals surface area contributed by atoms with Crippen molar-refractivity contribution in [1.82, 2.24) is 9.97 Å². The van der Waals surface area contributed by atoms with Crippen LogP contribution in [-0.4, -0.2) is 22.6 Å². The standard InChI is InChI=1S/C23H34N4/c1-7-8-10-18(5)24-22-20-11-9-12-27(23(20)26-19(6)25-22)21-16(3)13-15(2)14-17(21)4/h13-14,18H,7-12H2,1-6H3,(H,24,25,26). The number of hydrogen-bond donors (Lipinski definition) is 1. The first-order valence-corrected chi connectivity index (χ1v) is 10.4. The normalized spacial score (nSPS) is 14.8. The Balaban J connectivity index is 2.01. The van der Waals surface area contributed by atoms with E-state index < -0.39 is 0 Å². The fourth-order valence-corrected chi connectivity index (χ4v) is 4.31. The third-order valence-corrected chi connectivity index (χ3v) is 5.44. The molecule has 0 bridgehead atoms. The van der Waals surface area contributed by atoms with Crippen molar-refractivity contribution in [1.29, 1.82) is 0 Å². The number of fused-ring (bicyclic) bond motifs is 1. The van der Waals surface area contributed by atoms with Crippen molar-refractivity contribution in [3.8, 4) is 0 Å². The molecule has 4 nitrogen and oxygen atoms in total. The number of hydrogen-bond acceptors (Lipinski definition) is 4. The highest BCUT2D eigenvalue weighted by atomic mass is 15.2. The molecule has 1 aromatic carbocycles. The first kappa shape index (κ1) is 19.7. The zero-order valence-corrected chi connectivity index (χ0v) is 17.8. The lowest BCUT2D eigenvalue weighted by molar-refractivity contribution is 0.639. The first-order valence-electron chi connectivity index (χ1n) is 10.4. The number of benzene rings is 1. The molecule has 2 heterocycles. The van der Waals surface area contributed by atoms with Crippen LogP contribution in [0.1, 0.15) is 67.6 Å². The van der Waals surface area contributed by atoms with Gasteiger partial charge in [-0.25, -0.2) is 9.97 Å². The average Bonchev–Trinajstić information content (AvgIpc) is 2.59. The Labute approximate surface area is 164 Å². The second-order valence-corrected chi connectivity index (χ2v) is 8.11. The molecule has 1 aliphatic rings. The summed E-state index contributed by atoms with van der Waals surface area (Å²) in [4.78, 5) is 12.1. The number of rotatable bonds is 6. The quantitative estimate of drug-likeness (QED) is 0.703. The van der Waals surface area contributed by atoms with Gasteiger partial charge < -0.3 is 10.2 Å². The Hall–Kier alpha value is -2.10. The van der Waals surface area contributed by atoms with Crippen molar-refractivity contribution in [3.63, 3.8) is 0 Å². The summed E-state index contributed by atoms with van der Waals surface area (Å²) in [7, 11) is 0. The van der Waals surface area contributed by atoms with Crippen LogP contribution in [0, 0.1) is 27.7 Å². The number of aromatic nitrogens is 2. The average molecular weight is 367 g/mol. The summed E-state index contributed by atoms with van der Waals surface area (Å²) >= 11 is 0. The minimum Gasteiger partial charge on any atom is -0.367 e. The molecule has 0 aliphatic carbocycles. The largest absolute Gasteiger partial charge is 0.367 e. The molecular formula is C23H34N4. The van der Waals surface area contributed by atoms with Gasteiger partial charge in [-0.15, -0.1) is 0 Å². The van der Waals surface area contributed by atoms with Gasteiger partial charge in [-0.3, -0.25) is 0 Å². The number of nitrogens with one attached hydrogen (secondary N) is 1. The zero-order valence-electron chi connectivity index (χ0n) is 17.8. The monoisotopic (exact) mass is 366 g/mol. The van der Waals surface area contributed by atoms with Crippen LogP contribution in [0.2, 0.25) is 0 Å². The van der Waals surface area contributed by atoms with Crippen LogP contribution < -0.4 is 10.2 Å². The minimum atomic E-state index is 0.432. The molecule has 1 N–H and O–H groups in total. The van der Waals surface area contributed by atoms with Gasteiger partial charge in [0.25, 0.3) is 0 Å². The molecule has 1 unspecified atom stereocenters. The number of aryl methyl sites for hydroxylation is 4. The second-order valence-electron chi connectivity index (χ2n) is 8.11. The van der Waals surface area contributed by atoms with E-state index in [1.165, 1.54) is 47.2 Å². The van der Waals surface area contributed by atoms with Crippen molar-refractivity contribution in [3.05, 3.63) is 40.2 Å². The van der Waals surface area contributed by atoms with Gasteiger partial charge in [0, 0.05) is 23.8 Å². The van der Waals surface area contributed by atoms with Crippen LogP contribution in [0.15, 0.2) is 12.1 Å². The number of anilines is 3. The summed E-state index contributed by atoms with van der Waals surface area (Å²) in [5.41, 5.74) is 6.54. The highest BCUT2D eigenvalue weighted by Crippen LogP contribution is 2.38. The van der Waals surface area contributed by atoms with E-state index in [2.05, 4.69) is 57.0 Å². The Kier molecular flexibility index (Phi) is 6.03. The molecule has 0 spiro atoms. The van der Waals surface area contributed by atoms with Crippen molar-refractivity contribution in [2.75, 3.05) is 16.8 Å². The van der Waals surface area contributed by atoms with Crippen molar-refractivity contribution >= 4 is 17.3 Å². The van der Waals surface area contributed by atoms with Gasteiger partial charge >= 0.3 is 0 Å². The summed E-state index contributed by atoms with van der Waals surface area (Å²) in [6.07, 6.45) is 5.82. The summed E-state index contributed by atoms with van der Waals surface area (Å²) in [6, 6.07) is 4.98. The molecule has 0 radical (unpaired) electrons. The Morgan fingerprint density at radius 1 is 1.11 bits per heavy atom. The van der Waals surface area contributed by atoms with Gasteiger partial charge in [0.1, 0.15) is 17.5 Å². The van der Waals surface area contributed by atoms with Crippen molar-refractivity contribution in [2.24, 2.45) is 0 Å². The molecular weight excluding hydrogens is 332 g/mol. The summed E-state index contributed by atoms with van der Waals surface area (Å²) in [6.45, 7) is 14.1. The maximum atomic E-state index is 4.88. The molecule has 0 fully saturated rings. The maximum absolute atomic E-state index is 4.88. The molecule has 4 heteroatoms. The first-order chi connectivity index (χ1) is 12.9. The van der Waals surface area contributed by atoms with Crippen LogP contribution in [0.25, 0.3) is 0 Å². The Morgan fingerprint density at radius 3 is 2.48 bits per heavy atom. The fourth-order valence-electron chi connectivity index (χ4n) is 4.31. The van der Waals surface area contributed by atoms with Crippen molar-refractivity contribution in [2.45, 2.75) is 79.7 Å². The highest BCUT2D eigenvalue weighted by molar-refractivity contribution is 5.73. The molecule has 1 aromatic heterocycles. The van der Waals surface area contributed by atoms with E-state index in [9.17, 15) is 0 Å². The predicted molar refractivity (Wildman–Crippen MR) is 115 cm³/mol. The van der Waals surface area contributed by atoms with Gasteiger partial charge in [-0.05, 0) is 65.0 Å². The van der Waals surface area contributed by atoms with E-state index in [1.807, 2.05) is 6.92 Å². The van der Waals surface area contributed by atoms with Crippen LogP contribution >= 0.6 is 0 Å². The Morgan fingerprint density at radius 2 is 1.81 bits per heavy atom. The zero-order chi connectivity index (χ0) is 19.6. The van der Waals surface area contributed by atoms with Crippen LogP contribution in [0.3, 0.4) is 0 Å². The smallest absolute Gasteiger partial charge is 0.142 e. The lowest BCUT2D eigenvalue weighted by Gasteiger charge is -2.34. The van der Waals surface area contributed by atoms with E-state index in [0.717, 1.165) is 36.8 Å². The van der Waals surface area contributed by atoms with Gasteiger partial charge in [0.05, 0.1) is 0 Å². The third kappa shape index (κ3) is 4.26. The molecule has 1 atom stereocenters.